The van der Waals surface area contributed by atoms with Crippen molar-refractivity contribution in [1.82, 2.24) is 0 Å². The monoisotopic (exact) mass is 183 g/mol. The van der Waals surface area contributed by atoms with E-state index in [0.717, 1.165) is 25.0 Å². The Morgan fingerprint density at radius 1 is 1.62 bits per heavy atom. The number of hydrogen-bond acceptors (Lipinski definition) is 3. The number of oxime groups is 1. The fraction of sp³-hybridized carbons (Fsp3) is 0.700. The molecule has 3 heteroatoms. The normalized spacial score (nSPS) is 20.5. The summed E-state index contributed by atoms with van der Waals surface area (Å²) in [4.78, 5) is 0. The van der Waals surface area contributed by atoms with E-state index in [2.05, 4.69) is 19.0 Å². The summed E-state index contributed by atoms with van der Waals surface area (Å²) in [5.41, 5.74) is 0.687. The fourth-order valence-electron chi connectivity index (χ4n) is 1.24. The Kier molecular flexibility index (Phi) is 3.80. The highest BCUT2D eigenvalue weighted by atomic mass is 16.5. The maximum absolute atomic E-state index is 8.69. The Hall–Kier alpha value is -0.990. The zero-order chi connectivity index (χ0) is 9.68. The van der Waals surface area contributed by atoms with Crippen LogP contribution in [0.5, 0.6) is 0 Å². The van der Waals surface area contributed by atoms with Gasteiger partial charge in [-0.05, 0) is 31.3 Å². The van der Waals surface area contributed by atoms with Crippen LogP contribution in [0.2, 0.25) is 0 Å². The molecule has 1 rings (SSSR count). The summed E-state index contributed by atoms with van der Waals surface area (Å²) >= 11 is 0. The highest BCUT2D eigenvalue weighted by molar-refractivity contribution is 5.98. The standard InChI is InChI=1S/C10H17NO2/c1-8(2)7-13-10-6-4-3-5-9(10)11-12/h6,8,12H,3-5,7H2,1-2H3/b11-9-. The number of nitrogens with zero attached hydrogens (tertiary/aromatic N) is 1. The predicted octanol–water partition coefficient (Wildman–Crippen LogP) is 2.56. The third kappa shape index (κ3) is 3.09. The van der Waals surface area contributed by atoms with Gasteiger partial charge in [0.15, 0.2) is 0 Å². The Bertz CT molecular complexity index is 219. The van der Waals surface area contributed by atoms with Crippen LogP contribution in [0.1, 0.15) is 33.1 Å². The van der Waals surface area contributed by atoms with Crippen LogP contribution in [-0.2, 0) is 4.74 Å². The Labute approximate surface area is 79.1 Å². The van der Waals surface area contributed by atoms with Gasteiger partial charge in [-0.25, -0.2) is 0 Å². The molecule has 0 bridgehead atoms. The van der Waals surface area contributed by atoms with E-state index in [9.17, 15) is 0 Å². The van der Waals surface area contributed by atoms with Gasteiger partial charge in [-0.2, -0.15) is 0 Å². The van der Waals surface area contributed by atoms with Crippen molar-refractivity contribution in [3.05, 3.63) is 11.8 Å². The minimum Gasteiger partial charge on any atom is -0.492 e. The first kappa shape index (κ1) is 10.1. The molecule has 0 aromatic heterocycles. The van der Waals surface area contributed by atoms with Gasteiger partial charge in [0.25, 0.3) is 0 Å². The third-order valence-electron chi connectivity index (χ3n) is 1.92. The zero-order valence-electron chi connectivity index (χ0n) is 8.29. The summed E-state index contributed by atoms with van der Waals surface area (Å²) in [6.07, 6.45) is 4.89. The first-order chi connectivity index (χ1) is 6.24. The van der Waals surface area contributed by atoms with Gasteiger partial charge in [-0.3, -0.25) is 0 Å². The maximum Gasteiger partial charge on any atom is 0.140 e. The van der Waals surface area contributed by atoms with Gasteiger partial charge in [-0.15, -0.1) is 0 Å². The lowest BCUT2D eigenvalue weighted by Gasteiger charge is -2.16. The molecule has 0 spiro atoms. The molecular formula is C10H17NO2. The van der Waals surface area contributed by atoms with E-state index in [-0.39, 0.29) is 0 Å². The molecule has 0 saturated carbocycles. The number of ether oxygens (including phenoxy) is 1. The van der Waals surface area contributed by atoms with Crippen molar-refractivity contribution in [3.63, 3.8) is 0 Å². The molecule has 0 amide bonds. The lowest BCUT2D eigenvalue weighted by Crippen LogP contribution is -2.13. The average molecular weight is 183 g/mol. The largest absolute Gasteiger partial charge is 0.492 e. The van der Waals surface area contributed by atoms with Gasteiger partial charge in [0.1, 0.15) is 11.5 Å². The van der Waals surface area contributed by atoms with Gasteiger partial charge in [-0.1, -0.05) is 19.0 Å². The van der Waals surface area contributed by atoms with Gasteiger partial charge in [0, 0.05) is 0 Å². The van der Waals surface area contributed by atoms with E-state index in [1.165, 1.54) is 0 Å². The fourth-order valence-corrected chi connectivity index (χ4v) is 1.24. The lowest BCUT2D eigenvalue weighted by molar-refractivity contribution is 0.190. The highest BCUT2D eigenvalue weighted by Crippen LogP contribution is 2.17. The molecule has 0 heterocycles. The van der Waals surface area contributed by atoms with Crippen LogP contribution in [0, 0.1) is 5.92 Å². The Morgan fingerprint density at radius 2 is 2.38 bits per heavy atom. The Morgan fingerprint density at radius 3 is 3.00 bits per heavy atom. The molecule has 0 atom stereocenters. The van der Waals surface area contributed by atoms with Crippen LogP contribution in [0.3, 0.4) is 0 Å². The summed E-state index contributed by atoms with van der Waals surface area (Å²) in [6.45, 7) is 4.88. The number of hydrogen-bond donors (Lipinski definition) is 1. The number of allylic oxidation sites excluding steroid dienone is 2. The quantitative estimate of drug-likeness (QED) is 0.539. The predicted molar refractivity (Wildman–Crippen MR) is 51.9 cm³/mol. The molecule has 0 radical (unpaired) electrons. The number of rotatable bonds is 3. The second-order valence-electron chi connectivity index (χ2n) is 3.71. The van der Waals surface area contributed by atoms with Crippen LogP contribution in [0.15, 0.2) is 17.0 Å². The molecule has 1 aliphatic carbocycles. The summed E-state index contributed by atoms with van der Waals surface area (Å²) in [6, 6.07) is 0. The van der Waals surface area contributed by atoms with Gasteiger partial charge >= 0.3 is 0 Å². The van der Waals surface area contributed by atoms with E-state index in [1.54, 1.807) is 0 Å². The molecule has 1 aliphatic rings. The summed E-state index contributed by atoms with van der Waals surface area (Å²) in [5, 5.41) is 11.9. The van der Waals surface area contributed by atoms with E-state index < -0.39 is 0 Å². The van der Waals surface area contributed by atoms with Crippen molar-refractivity contribution >= 4 is 5.71 Å². The minimum absolute atomic E-state index is 0.503. The zero-order valence-corrected chi connectivity index (χ0v) is 8.29. The second kappa shape index (κ2) is 4.90. The van der Waals surface area contributed by atoms with Crippen LogP contribution in [0.4, 0.5) is 0 Å². The molecule has 3 nitrogen and oxygen atoms in total. The van der Waals surface area contributed by atoms with Crippen LogP contribution in [-0.4, -0.2) is 17.5 Å². The molecule has 0 aromatic carbocycles. The van der Waals surface area contributed by atoms with Crippen molar-refractivity contribution in [3.8, 4) is 0 Å². The molecule has 0 aromatic rings. The SMILES string of the molecule is CC(C)COC1=CCCC/C1=N/O. The van der Waals surface area contributed by atoms with E-state index in [4.69, 9.17) is 9.94 Å². The molecule has 0 fully saturated rings. The molecular weight excluding hydrogens is 166 g/mol. The first-order valence-electron chi connectivity index (χ1n) is 4.78. The van der Waals surface area contributed by atoms with E-state index in [0.29, 0.717) is 18.2 Å². The smallest absolute Gasteiger partial charge is 0.140 e. The molecule has 0 saturated heterocycles. The van der Waals surface area contributed by atoms with Crippen molar-refractivity contribution in [2.45, 2.75) is 33.1 Å². The molecule has 13 heavy (non-hydrogen) atoms. The van der Waals surface area contributed by atoms with Gasteiger partial charge in [0.05, 0.1) is 6.61 Å². The summed E-state index contributed by atoms with van der Waals surface area (Å²) < 4.78 is 5.52. The van der Waals surface area contributed by atoms with Crippen LogP contribution in [0.25, 0.3) is 0 Å². The Balaban J connectivity index is 2.50. The first-order valence-corrected chi connectivity index (χ1v) is 4.78. The lowest BCUT2D eigenvalue weighted by atomic mass is 10.0. The van der Waals surface area contributed by atoms with Crippen molar-refractivity contribution in [1.29, 1.82) is 0 Å². The molecule has 0 unspecified atom stereocenters. The molecule has 74 valence electrons. The second-order valence-corrected chi connectivity index (χ2v) is 3.71. The van der Waals surface area contributed by atoms with Crippen molar-refractivity contribution in [2.24, 2.45) is 11.1 Å². The maximum atomic E-state index is 8.69. The van der Waals surface area contributed by atoms with Crippen molar-refractivity contribution in [2.75, 3.05) is 6.61 Å². The minimum atomic E-state index is 0.503. The van der Waals surface area contributed by atoms with E-state index in [1.807, 2.05) is 6.08 Å². The van der Waals surface area contributed by atoms with Gasteiger partial charge in [0.2, 0.25) is 0 Å². The highest BCUT2D eigenvalue weighted by Gasteiger charge is 2.13. The van der Waals surface area contributed by atoms with Crippen LogP contribution >= 0.6 is 0 Å². The van der Waals surface area contributed by atoms with E-state index >= 15 is 0 Å². The average Bonchev–Trinajstić information content (AvgIpc) is 2.15. The van der Waals surface area contributed by atoms with Crippen molar-refractivity contribution < 1.29 is 9.94 Å². The molecule has 0 aliphatic heterocycles. The topological polar surface area (TPSA) is 41.8 Å². The van der Waals surface area contributed by atoms with Gasteiger partial charge < -0.3 is 9.94 Å². The summed E-state index contributed by atoms with van der Waals surface area (Å²) in [7, 11) is 0. The third-order valence-corrected chi connectivity index (χ3v) is 1.92. The molecule has 1 N–H and O–H groups in total. The van der Waals surface area contributed by atoms with Crippen LogP contribution < -0.4 is 0 Å². The summed E-state index contributed by atoms with van der Waals surface area (Å²) in [5.74, 6) is 1.27.